The summed E-state index contributed by atoms with van der Waals surface area (Å²) in [5.41, 5.74) is -0.725. The van der Waals surface area contributed by atoms with Crippen LogP contribution in [0.1, 0.15) is 18.5 Å². The molecule has 1 fully saturated rings. The molecule has 0 spiro atoms. The monoisotopic (exact) mass is 266 g/mol. The summed E-state index contributed by atoms with van der Waals surface area (Å²) in [6.07, 6.45) is -3.39. The zero-order valence-electron chi connectivity index (χ0n) is 9.34. The number of rotatable bonds is 1. The highest BCUT2D eigenvalue weighted by Crippen LogP contribution is 2.32. The van der Waals surface area contributed by atoms with Gasteiger partial charge in [-0.2, -0.15) is 13.2 Å². The van der Waals surface area contributed by atoms with Crippen molar-refractivity contribution in [2.75, 3.05) is 18.0 Å². The molecule has 7 heteroatoms. The van der Waals surface area contributed by atoms with Gasteiger partial charge in [0.25, 0.3) is 5.92 Å². The van der Waals surface area contributed by atoms with Crippen LogP contribution in [0.2, 0.25) is 0 Å². The SMILES string of the molecule is FC1(F)CCCN(c2ccc(C(F)(F)F)nc2)C1. The number of hydrogen-bond acceptors (Lipinski definition) is 2. The van der Waals surface area contributed by atoms with Crippen LogP contribution in [0.15, 0.2) is 18.3 Å². The fourth-order valence-electron chi connectivity index (χ4n) is 1.93. The van der Waals surface area contributed by atoms with Crippen molar-refractivity contribution in [1.29, 1.82) is 0 Å². The average Bonchev–Trinajstić information content (AvgIpc) is 2.27. The minimum Gasteiger partial charge on any atom is -0.364 e. The minimum atomic E-state index is -4.51. The van der Waals surface area contributed by atoms with Crippen molar-refractivity contribution >= 4 is 5.69 Å². The van der Waals surface area contributed by atoms with Gasteiger partial charge < -0.3 is 4.90 Å². The molecule has 18 heavy (non-hydrogen) atoms. The molecule has 1 aromatic rings. The molecule has 0 unspecified atom stereocenters. The van der Waals surface area contributed by atoms with Crippen LogP contribution >= 0.6 is 0 Å². The molecule has 1 aliphatic rings. The fourth-order valence-corrected chi connectivity index (χ4v) is 1.93. The smallest absolute Gasteiger partial charge is 0.364 e. The van der Waals surface area contributed by atoms with E-state index in [4.69, 9.17) is 0 Å². The second-order valence-corrected chi connectivity index (χ2v) is 4.28. The predicted octanol–water partition coefficient (Wildman–Crippen LogP) is 3.34. The zero-order valence-corrected chi connectivity index (χ0v) is 9.34. The third-order valence-electron chi connectivity index (χ3n) is 2.80. The van der Waals surface area contributed by atoms with Crippen molar-refractivity contribution in [3.05, 3.63) is 24.0 Å². The molecule has 0 radical (unpaired) electrons. The Morgan fingerprint density at radius 2 is 1.94 bits per heavy atom. The van der Waals surface area contributed by atoms with Crippen molar-refractivity contribution in [3.8, 4) is 0 Å². The lowest BCUT2D eigenvalue weighted by Gasteiger charge is -2.33. The van der Waals surface area contributed by atoms with Crippen LogP contribution < -0.4 is 4.90 Å². The Morgan fingerprint density at radius 1 is 1.22 bits per heavy atom. The highest BCUT2D eigenvalue weighted by molar-refractivity contribution is 5.45. The highest BCUT2D eigenvalue weighted by atomic mass is 19.4. The average molecular weight is 266 g/mol. The molecule has 0 amide bonds. The summed E-state index contributed by atoms with van der Waals surface area (Å²) >= 11 is 0. The molecule has 100 valence electrons. The van der Waals surface area contributed by atoms with Crippen LogP contribution in [0.25, 0.3) is 0 Å². The van der Waals surface area contributed by atoms with Crippen LogP contribution in [-0.4, -0.2) is 24.0 Å². The van der Waals surface area contributed by atoms with E-state index < -0.39 is 24.3 Å². The van der Waals surface area contributed by atoms with E-state index in [9.17, 15) is 22.0 Å². The topological polar surface area (TPSA) is 16.1 Å². The molecule has 0 N–H and O–H groups in total. The molecule has 0 saturated carbocycles. The van der Waals surface area contributed by atoms with Gasteiger partial charge in [-0.3, -0.25) is 0 Å². The van der Waals surface area contributed by atoms with Gasteiger partial charge in [0.05, 0.1) is 18.4 Å². The summed E-state index contributed by atoms with van der Waals surface area (Å²) in [4.78, 5) is 4.62. The van der Waals surface area contributed by atoms with Crippen LogP contribution in [0.4, 0.5) is 27.6 Å². The molecule has 1 aromatic heterocycles. The molecule has 1 aliphatic heterocycles. The fraction of sp³-hybridized carbons (Fsp3) is 0.545. The van der Waals surface area contributed by atoms with E-state index in [-0.39, 0.29) is 6.42 Å². The second kappa shape index (κ2) is 4.37. The van der Waals surface area contributed by atoms with Gasteiger partial charge >= 0.3 is 6.18 Å². The van der Waals surface area contributed by atoms with Gasteiger partial charge in [-0.25, -0.2) is 13.8 Å². The van der Waals surface area contributed by atoms with E-state index in [1.165, 1.54) is 11.0 Å². The molecule has 0 aliphatic carbocycles. The van der Waals surface area contributed by atoms with Gasteiger partial charge in [-0.05, 0) is 18.6 Å². The Bertz CT molecular complexity index is 412. The Balaban J connectivity index is 2.15. The lowest BCUT2D eigenvalue weighted by atomic mass is 10.1. The van der Waals surface area contributed by atoms with Gasteiger partial charge in [-0.15, -0.1) is 0 Å². The quantitative estimate of drug-likeness (QED) is 0.725. The Kier molecular flexibility index (Phi) is 3.16. The molecular formula is C11H11F5N2. The first-order chi connectivity index (χ1) is 8.28. The Morgan fingerprint density at radius 3 is 2.44 bits per heavy atom. The van der Waals surface area contributed by atoms with Crippen molar-refractivity contribution in [3.63, 3.8) is 0 Å². The first-order valence-corrected chi connectivity index (χ1v) is 5.44. The standard InChI is InChI=1S/C11H11F5N2/c12-10(13)4-1-5-18(7-10)8-2-3-9(17-6-8)11(14,15)16/h2-3,6H,1,4-5,7H2. The van der Waals surface area contributed by atoms with Crippen molar-refractivity contribution in [1.82, 2.24) is 4.98 Å². The van der Waals surface area contributed by atoms with Gasteiger partial charge in [0.2, 0.25) is 0 Å². The number of hydrogen-bond donors (Lipinski definition) is 0. The van der Waals surface area contributed by atoms with Crippen molar-refractivity contribution in [2.24, 2.45) is 0 Å². The molecule has 2 heterocycles. The van der Waals surface area contributed by atoms with Gasteiger partial charge in [0.1, 0.15) is 5.69 Å². The summed E-state index contributed by atoms with van der Waals surface area (Å²) in [6, 6.07) is 1.99. The number of piperidine rings is 1. The molecule has 1 saturated heterocycles. The largest absolute Gasteiger partial charge is 0.433 e. The molecule has 0 atom stereocenters. The summed E-state index contributed by atoms with van der Waals surface area (Å²) in [6.45, 7) is -0.0668. The molecular weight excluding hydrogens is 255 g/mol. The number of nitrogens with zero attached hydrogens (tertiary/aromatic N) is 2. The van der Waals surface area contributed by atoms with Crippen LogP contribution in [0.5, 0.6) is 0 Å². The third kappa shape index (κ3) is 2.88. The maximum absolute atomic E-state index is 13.2. The molecule has 0 bridgehead atoms. The normalized spacial score (nSPS) is 19.9. The van der Waals surface area contributed by atoms with Gasteiger partial charge in [0, 0.05) is 13.0 Å². The Hall–Kier alpha value is -1.40. The maximum Gasteiger partial charge on any atom is 0.433 e. The van der Waals surface area contributed by atoms with E-state index in [0.717, 1.165) is 12.3 Å². The van der Waals surface area contributed by atoms with Crippen molar-refractivity contribution in [2.45, 2.75) is 24.9 Å². The van der Waals surface area contributed by atoms with E-state index in [0.29, 0.717) is 18.7 Å². The van der Waals surface area contributed by atoms with Crippen molar-refractivity contribution < 1.29 is 22.0 Å². The predicted molar refractivity (Wildman–Crippen MR) is 55.6 cm³/mol. The number of aromatic nitrogens is 1. The summed E-state index contributed by atoms with van der Waals surface area (Å²) in [5.74, 6) is -2.79. The third-order valence-corrected chi connectivity index (χ3v) is 2.80. The van der Waals surface area contributed by atoms with E-state index in [1.54, 1.807) is 0 Å². The molecule has 2 nitrogen and oxygen atoms in total. The molecule has 0 aromatic carbocycles. The number of alkyl halides is 5. The maximum atomic E-state index is 13.2. The summed E-state index contributed by atoms with van der Waals surface area (Å²) < 4.78 is 63.2. The van der Waals surface area contributed by atoms with Crippen LogP contribution in [-0.2, 0) is 6.18 Å². The van der Waals surface area contributed by atoms with Crippen LogP contribution in [0.3, 0.4) is 0 Å². The first kappa shape index (κ1) is 13.0. The van der Waals surface area contributed by atoms with E-state index in [1.807, 2.05) is 0 Å². The van der Waals surface area contributed by atoms with Crippen LogP contribution in [0, 0.1) is 0 Å². The zero-order chi connectivity index (χ0) is 13.4. The number of pyridine rings is 1. The lowest BCUT2D eigenvalue weighted by molar-refractivity contribution is -0.141. The summed E-state index contributed by atoms with van der Waals surface area (Å²) in [7, 11) is 0. The summed E-state index contributed by atoms with van der Waals surface area (Å²) in [5, 5.41) is 0. The van der Waals surface area contributed by atoms with Gasteiger partial charge in [-0.1, -0.05) is 0 Å². The van der Waals surface area contributed by atoms with E-state index >= 15 is 0 Å². The number of anilines is 1. The number of halogens is 5. The first-order valence-electron chi connectivity index (χ1n) is 5.44. The van der Waals surface area contributed by atoms with Gasteiger partial charge in [0.15, 0.2) is 0 Å². The van der Waals surface area contributed by atoms with E-state index in [2.05, 4.69) is 4.98 Å². The Labute approximate surface area is 100 Å². The second-order valence-electron chi connectivity index (χ2n) is 4.28. The lowest BCUT2D eigenvalue weighted by Crippen LogP contribution is -2.42. The molecule has 2 rings (SSSR count). The highest BCUT2D eigenvalue weighted by Gasteiger charge is 2.36. The minimum absolute atomic E-state index is 0.183.